The van der Waals surface area contributed by atoms with Crippen molar-refractivity contribution in [2.24, 2.45) is 0 Å². The Bertz CT molecular complexity index is 441. The molecule has 2 nitrogen and oxygen atoms in total. The van der Waals surface area contributed by atoms with Crippen LogP contribution in [0.4, 0.5) is 0 Å². The van der Waals surface area contributed by atoms with Gasteiger partial charge in [-0.25, -0.2) is 0 Å². The second kappa shape index (κ2) is 6.73. The van der Waals surface area contributed by atoms with Gasteiger partial charge in [-0.3, -0.25) is 4.90 Å². The van der Waals surface area contributed by atoms with E-state index in [4.69, 9.17) is 0 Å². The molecule has 1 fully saturated rings. The van der Waals surface area contributed by atoms with E-state index in [1.54, 1.807) is 0 Å². The summed E-state index contributed by atoms with van der Waals surface area (Å²) in [6.45, 7) is 13.7. The summed E-state index contributed by atoms with van der Waals surface area (Å²) in [6, 6.07) is 8.67. The molecule has 0 aromatic heterocycles. The number of nitrogens with zero attached hydrogens (tertiary/aromatic N) is 1. The standard InChI is InChI=1S/C18H30N2/c1-6-16-12-20(17(7-2)11-19-16)15(5)18-10-13(3)8-9-14(18)4/h8-10,15-17,19H,6-7,11-12H2,1-5H3. The molecule has 1 saturated heterocycles. The zero-order chi connectivity index (χ0) is 14.7. The summed E-state index contributed by atoms with van der Waals surface area (Å²) in [7, 11) is 0. The molecule has 1 heterocycles. The molecule has 1 aromatic carbocycles. The minimum absolute atomic E-state index is 0.510. The highest BCUT2D eigenvalue weighted by atomic mass is 15.2. The van der Waals surface area contributed by atoms with Gasteiger partial charge in [0, 0.05) is 31.2 Å². The van der Waals surface area contributed by atoms with Crippen LogP contribution >= 0.6 is 0 Å². The highest BCUT2D eigenvalue weighted by Crippen LogP contribution is 2.29. The average Bonchev–Trinajstić information content (AvgIpc) is 2.48. The number of piperazine rings is 1. The lowest BCUT2D eigenvalue weighted by Crippen LogP contribution is -2.56. The third-order valence-electron chi connectivity index (χ3n) is 4.89. The molecule has 0 saturated carbocycles. The van der Waals surface area contributed by atoms with Gasteiger partial charge in [-0.2, -0.15) is 0 Å². The van der Waals surface area contributed by atoms with Gasteiger partial charge in [-0.1, -0.05) is 37.6 Å². The van der Waals surface area contributed by atoms with E-state index in [1.165, 1.54) is 36.1 Å². The van der Waals surface area contributed by atoms with Crippen LogP contribution in [0.1, 0.15) is 56.3 Å². The van der Waals surface area contributed by atoms with Gasteiger partial charge in [0.2, 0.25) is 0 Å². The fourth-order valence-corrected chi connectivity index (χ4v) is 3.40. The van der Waals surface area contributed by atoms with Gasteiger partial charge in [-0.15, -0.1) is 0 Å². The van der Waals surface area contributed by atoms with Crippen molar-refractivity contribution in [3.8, 4) is 0 Å². The van der Waals surface area contributed by atoms with Crippen molar-refractivity contribution in [1.29, 1.82) is 0 Å². The summed E-state index contributed by atoms with van der Waals surface area (Å²) in [5.41, 5.74) is 4.29. The number of aryl methyl sites for hydroxylation is 2. The first-order valence-corrected chi connectivity index (χ1v) is 8.13. The molecule has 1 aliphatic heterocycles. The Hall–Kier alpha value is -0.860. The number of hydrogen-bond acceptors (Lipinski definition) is 2. The number of benzene rings is 1. The Balaban J connectivity index is 2.24. The molecule has 3 unspecified atom stereocenters. The van der Waals surface area contributed by atoms with Gasteiger partial charge in [0.15, 0.2) is 0 Å². The largest absolute Gasteiger partial charge is 0.311 e. The Morgan fingerprint density at radius 3 is 2.65 bits per heavy atom. The molecule has 3 atom stereocenters. The molecule has 0 radical (unpaired) electrons. The lowest BCUT2D eigenvalue weighted by atomic mass is 9.95. The van der Waals surface area contributed by atoms with Crippen LogP contribution in [0.25, 0.3) is 0 Å². The lowest BCUT2D eigenvalue weighted by Gasteiger charge is -2.44. The van der Waals surface area contributed by atoms with Crippen LogP contribution in [0.5, 0.6) is 0 Å². The molecular weight excluding hydrogens is 244 g/mol. The Labute approximate surface area is 124 Å². The highest BCUT2D eigenvalue weighted by molar-refractivity contribution is 5.33. The topological polar surface area (TPSA) is 15.3 Å². The van der Waals surface area contributed by atoms with Crippen LogP contribution in [0, 0.1) is 13.8 Å². The van der Waals surface area contributed by atoms with E-state index in [1.807, 2.05) is 0 Å². The van der Waals surface area contributed by atoms with Gasteiger partial charge in [0.05, 0.1) is 0 Å². The summed E-state index contributed by atoms with van der Waals surface area (Å²) in [5.74, 6) is 0. The number of hydrogen-bond donors (Lipinski definition) is 1. The Morgan fingerprint density at radius 1 is 1.25 bits per heavy atom. The lowest BCUT2D eigenvalue weighted by molar-refractivity contribution is 0.0847. The smallest absolute Gasteiger partial charge is 0.0326 e. The fraction of sp³-hybridized carbons (Fsp3) is 0.667. The van der Waals surface area contributed by atoms with Crippen molar-refractivity contribution in [2.45, 2.75) is 65.6 Å². The summed E-state index contributed by atoms with van der Waals surface area (Å²) >= 11 is 0. The minimum atomic E-state index is 0.510. The minimum Gasteiger partial charge on any atom is -0.311 e. The number of rotatable bonds is 4. The molecule has 112 valence electrons. The van der Waals surface area contributed by atoms with Crippen molar-refractivity contribution in [3.05, 3.63) is 34.9 Å². The third-order valence-corrected chi connectivity index (χ3v) is 4.89. The van der Waals surface area contributed by atoms with E-state index in [0.717, 1.165) is 6.54 Å². The van der Waals surface area contributed by atoms with Crippen molar-refractivity contribution in [2.75, 3.05) is 13.1 Å². The molecular formula is C18H30N2. The van der Waals surface area contributed by atoms with Crippen LogP contribution in [0.2, 0.25) is 0 Å². The molecule has 1 aliphatic rings. The predicted octanol–water partition coefficient (Wildman–Crippen LogP) is 3.83. The molecule has 2 rings (SSSR count). The van der Waals surface area contributed by atoms with Gasteiger partial charge < -0.3 is 5.32 Å². The van der Waals surface area contributed by atoms with Crippen LogP contribution in [-0.4, -0.2) is 30.1 Å². The SMILES string of the molecule is CCC1CN(C(C)c2cc(C)ccc2C)C(CC)CN1. The van der Waals surface area contributed by atoms with E-state index in [2.05, 4.69) is 63.0 Å². The van der Waals surface area contributed by atoms with E-state index in [0.29, 0.717) is 18.1 Å². The summed E-state index contributed by atoms with van der Waals surface area (Å²) in [6.07, 6.45) is 2.44. The summed E-state index contributed by atoms with van der Waals surface area (Å²) < 4.78 is 0. The van der Waals surface area contributed by atoms with Crippen LogP contribution < -0.4 is 5.32 Å². The first kappa shape index (κ1) is 15.5. The van der Waals surface area contributed by atoms with Crippen molar-refractivity contribution < 1.29 is 0 Å². The van der Waals surface area contributed by atoms with Gasteiger partial charge in [0.1, 0.15) is 0 Å². The van der Waals surface area contributed by atoms with Crippen LogP contribution in [-0.2, 0) is 0 Å². The van der Waals surface area contributed by atoms with Crippen LogP contribution in [0.3, 0.4) is 0 Å². The molecule has 0 aliphatic carbocycles. The first-order chi connectivity index (χ1) is 9.56. The molecule has 0 bridgehead atoms. The highest BCUT2D eigenvalue weighted by Gasteiger charge is 2.30. The maximum absolute atomic E-state index is 3.69. The van der Waals surface area contributed by atoms with Crippen molar-refractivity contribution in [1.82, 2.24) is 10.2 Å². The van der Waals surface area contributed by atoms with Crippen molar-refractivity contribution in [3.63, 3.8) is 0 Å². The Kier molecular flexibility index (Phi) is 5.22. The monoisotopic (exact) mass is 274 g/mol. The zero-order valence-electron chi connectivity index (χ0n) is 13.7. The van der Waals surface area contributed by atoms with Gasteiger partial charge >= 0.3 is 0 Å². The molecule has 1 aromatic rings. The average molecular weight is 274 g/mol. The summed E-state index contributed by atoms with van der Waals surface area (Å²) in [4.78, 5) is 2.71. The van der Waals surface area contributed by atoms with Crippen LogP contribution in [0.15, 0.2) is 18.2 Å². The van der Waals surface area contributed by atoms with E-state index in [9.17, 15) is 0 Å². The van der Waals surface area contributed by atoms with E-state index in [-0.39, 0.29) is 0 Å². The molecule has 0 spiro atoms. The third kappa shape index (κ3) is 3.24. The molecule has 1 N–H and O–H groups in total. The second-order valence-corrected chi connectivity index (χ2v) is 6.31. The fourth-order valence-electron chi connectivity index (χ4n) is 3.40. The maximum atomic E-state index is 3.69. The normalized spacial score (nSPS) is 25.6. The zero-order valence-corrected chi connectivity index (χ0v) is 13.7. The number of nitrogens with one attached hydrogen (secondary N) is 1. The second-order valence-electron chi connectivity index (χ2n) is 6.31. The quantitative estimate of drug-likeness (QED) is 0.897. The van der Waals surface area contributed by atoms with E-state index < -0.39 is 0 Å². The predicted molar refractivity (Wildman–Crippen MR) is 87.2 cm³/mol. The van der Waals surface area contributed by atoms with Crippen molar-refractivity contribution >= 4 is 0 Å². The maximum Gasteiger partial charge on any atom is 0.0326 e. The first-order valence-electron chi connectivity index (χ1n) is 8.13. The Morgan fingerprint density at radius 2 is 2.00 bits per heavy atom. The van der Waals surface area contributed by atoms with E-state index >= 15 is 0 Å². The van der Waals surface area contributed by atoms with Gasteiger partial charge in [0.25, 0.3) is 0 Å². The molecule has 2 heteroatoms. The van der Waals surface area contributed by atoms with Gasteiger partial charge in [-0.05, 0) is 44.7 Å². The molecule has 0 amide bonds. The summed E-state index contributed by atoms with van der Waals surface area (Å²) in [5, 5.41) is 3.69. The molecule has 20 heavy (non-hydrogen) atoms.